The Morgan fingerprint density at radius 1 is 1.19 bits per heavy atom. The van der Waals surface area contributed by atoms with Crippen LogP contribution < -0.4 is 9.64 Å². The van der Waals surface area contributed by atoms with Crippen LogP contribution in [-0.4, -0.2) is 36.6 Å². The first-order valence-electron chi connectivity index (χ1n) is 9.47. The maximum absolute atomic E-state index is 13.3. The minimum absolute atomic E-state index is 0.103. The van der Waals surface area contributed by atoms with Crippen molar-refractivity contribution in [2.45, 2.75) is 31.0 Å². The van der Waals surface area contributed by atoms with Gasteiger partial charge in [-0.25, -0.2) is 9.40 Å². The van der Waals surface area contributed by atoms with Gasteiger partial charge in [-0.2, -0.15) is 5.10 Å². The van der Waals surface area contributed by atoms with Crippen molar-refractivity contribution in [3.8, 4) is 5.75 Å². The van der Waals surface area contributed by atoms with Gasteiger partial charge in [-0.3, -0.25) is 0 Å². The average Bonchev–Trinajstić information content (AvgIpc) is 3.12. The number of piperidine rings is 1. The van der Waals surface area contributed by atoms with Crippen LogP contribution in [0, 0.1) is 5.82 Å². The van der Waals surface area contributed by atoms with Crippen LogP contribution in [0.15, 0.2) is 47.6 Å². The van der Waals surface area contributed by atoms with Gasteiger partial charge in [-0.1, -0.05) is 23.7 Å². The summed E-state index contributed by atoms with van der Waals surface area (Å²) in [6.45, 7) is 2.10. The number of benzene rings is 2. The Balaban J connectivity index is 1.58. The number of fused-ring (bicyclic) bond motifs is 4. The highest BCUT2D eigenvalue weighted by atomic mass is 35.5. The summed E-state index contributed by atoms with van der Waals surface area (Å²) in [6, 6.07) is 12.6. The summed E-state index contributed by atoms with van der Waals surface area (Å²) >= 11 is 6.28. The summed E-state index contributed by atoms with van der Waals surface area (Å²) in [4.78, 5) is 1.52. The van der Waals surface area contributed by atoms with Crippen LogP contribution >= 0.6 is 11.6 Å². The molecule has 2 aromatic rings. The van der Waals surface area contributed by atoms with E-state index >= 15 is 0 Å². The summed E-state index contributed by atoms with van der Waals surface area (Å²) in [7, 11) is 2.22. The summed E-state index contributed by atoms with van der Waals surface area (Å²) in [6.07, 6.45) is 2.63. The fourth-order valence-electron chi connectivity index (χ4n) is 4.47. The van der Waals surface area contributed by atoms with Crippen molar-refractivity contribution in [1.82, 2.24) is 5.01 Å². The Bertz CT molecular complexity index is 906. The van der Waals surface area contributed by atoms with Crippen LogP contribution in [0.25, 0.3) is 0 Å². The molecule has 0 saturated carbocycles. The second-order valence-electron chi connectivity index (χ2n) is 7.81. The van der Waals surface area contributed by atoms with Crippen molar-refractivity contribution in [3.63, 3.8) is 0 Å². The molecule has 4 nitrogen and oxygen atoms in total. The fourth-order valence-corrected chi connectivity index (χ4v) is 4.65. The van der Waals surface area contributed by atoms with Gasteiger partial charge < -0.3 is 9.64 Å². The molecule has 3 heterocycles. The largest absolute Gasteiger partial charge is 0.466 e. The van der Waals surface area contributed by atoms with Crippen LogP contribution in [0.1, 0.15) is 36.4 Å². The molecule has 0 bridgehead atoms. The quantitative estimate of drug-likeness (QED) is 0.816. The lowest BCUT2D eigenvalue weighted by Crippen LogP contribution is -3.11. The Morgan fingerprint density at radius 2 is 1.93 bits per heavy atom. The number of quaternary nitrogens is 1. The lowest BCUT2D eigenvalue weighted by Gasteiger charge is -2.49. The zero-order valence-corrected chi connectivity index (χ0v) is 16.0. The maximum atomic E-state index is 13.3. The molecule has 0 amide bonds. The molecule has 27 heavy (non-hydrogen) atoms. The van der Waals surface area contributed by atoms with Gasteiger partial charge in [0.15, 0.2) is 0 Å². The number of rotatable bonds is 1. The maximum Gasteiger partial charge on any atom is 0.208 e. The molecule has 1 N–H and O–H groups in total. The summed E-state index contributed by atoms with van der Waals surface area (Å²) < 4.78 is 19.9. The van der Waals surface area contributed by atoms with Crippen molar-refractivity contribution in [3.05, 3.63) is 64.4 Å². The first-order chi connectivity index (χ1) is 13.0. The van der Waals surface area contributed by atoms with Gasteiger partial charge >= 0.3 is 0 Å². The number of hydrogen-bond donors (Lipinski definition) is 1. The van der Waals surface area contributed by atoms with Crippen LogP contribution in [-0.2, 0) is 0 Å². The highest BCUT2D eigenvalue weighted by Gasteiger charge is 2.52. The zero-order chi connectivity index (χ0) is 18.6. The molecule has 1 saturated heterocycles. The number of hydrogen-bond acceptors (Lipinski definition) is 3. The Labute approximate surface area is 163 Å². The average molecular weight is 387 g/mol. The van der Waals surface area contributed by atoms with Gasteiger partial charge in [0.25, 0.3) is 0 Å². The van der Waals surface area contributed by atoms with Crippen LogP contribution in [0.2, 0.25) is 5.02 Å². The van der Waals surface area contributed by atoms with E-state index in [0.717, 1.165) is 54.9 Å². The molecule has 0 aromatic heterocycles. The van der Waals surface area contributed by atoms with E-state index in [9.17, 15) is 4.39 Å². The highest BCUT2D eigenvalue weighted by Crippen LogP contribution is 2.49. The second kappa shape index (κ2) is 6.21. The zero-order valence-electron chi connectivity index (χ0n) is 15.2. The molecule has 2 aromatic carbocycles. The van der Waals surface area contributed by atoms with Crippen molar-refractivity contribution in [2.24, 2.45) is 5.10 Å². The third-order valence-electron chi connectivity index (χ3n) is 6.02. The molecule has 1 atom stereocenters. The molecule has 0 unspecified atom stereocenters. The number of nitrogens with one attached hydrogen (secondary N) is 1. The Hall–Kier alpha value is -2.11. The topological polar surface area (TPSA) is 29.3 Å². The van der Waals surface area contributed by atoms with Crippen LogP contribution in [0.3, 0.4) is 0 Å². The van der Waals surface area contributed by atoms with Crippen molar-refractivity contribution in [1.29, 1.82) is 0 Å². The number of hydrazone groups is 1. The predicted molar refractivity (Wildman–Crippen MR) is 103 cm³/mol. The molecule has 1 spiro atoms. The lowest BCUT2D eigenvalue weighted by atomic mass is 9.91. The lowest BCUT2D eigenvalue weighted by molar-refractivity contribution is -0.888. The predicted octanol–water partition coefficient (Wildman–Crippen LogP) is 3.03. The van der Waals surface area contributed by atoms with Gasteiger partial charge in [0.2, 0.25) is 5.72 Å². The normalized spacial score (nSPS) is 29.1. The minimum atomic E-state index is -0.410. The first kappa shape index (κ1) is 17.0. The molecule has 3 aliphatic rings. The summed E-state index contributed by atoms with van der Waals surface area (Å²) in [5.74, 6) is 0.682. The number of nitrogens with zero attached hydrogens (tertiary/aromatic N) is 2. The van der Waals surface area contributed by atoms with Crippen molar-refractivity contribution < 1.29 is 14.0 Å². The van der Waals surface area contributed by atoms with Gasteiger partial charge in [0.1, 0.15) is 11.6 Å². The Morgan fingerprint density at radius 3 is 2.67 bits per heavy atom. The second-order valence-corrected chi connectivity index (χ2v) is 8.24. The van der Waals surface area contributed by atoms with E-state index in [1.165, 1.54) is 17.0 Å². The van der Waals surface area contributed by atoms with E-state index in [1.807, 2.05) is 18.2 Å². The molecular formula is C21H22ClFN3O+. The first-order valence-corrected chi connectivity index (χ1v) is 9.84. The SMILES string of the molecule is C[NH+]1CCC2(CC1)Oc1ccc(Cl)cc1[C@H]1CC(c3ccc(F)cc3)=NN12. The monoisotopic (exact) mass is 386 g/mol. The third-order valence-corrected chi connectivity index (χ3v) is 6.26. The molecule has 3 aliphatic heterocycles. The smallest absolute Gasteiger partial charge is 0.208 e. The fraction of sp³-hybridized carbons (Fsp3) is 0.381. The molecule has 0 radical (unpaired) electrons. The molecule has 6 heteroatoms. The van der Waals surface area contributed by atoms with E-state index in [2.05, 4.69) is 12.1 Å². The van der Waals surface area contributed by atoms with E-state index in [-0.39, 0.29) is 11.9 Å². The number of likely N-dealkylation sites (tertiary alicyclic amines) is 1. The van der Waals surface area contributed by atoms with Crippen LogP contribution in [0.4, 0.5) is 4.39 Å². The molecular weight excluding hydrogens is 365 g/mol. The van der Waals surface area contributed by atoms with E-state index in [0.29, 0.717) is 5.02 Å². The summed E-state index contributed by atoms with van der Waals surface area (Å²) in [5, 5.41) is 7.86. The molecule has 5 rings (SSSR count). The third kappa shape index (κ3) is 2.80. The van der Waals surface area contributed by atoms with Gasteiger partial charge in [0, 0.05) is 17.0 Å². The van der Waals surface area contributed by atoms with Crippen LogP contribution in [0.5, 0.6) is 5.75 Å². The van der Waals surface area contributed by atoms with Gasteiger partial charge in [-0.05, 0) is 35.9 Å². The highest BCUT2D eigenvalue weighted by molar-refractivity contribution is 6.30. The van der Waals surface area contributed by atoms with E-state index in [4.69, 9.17) is 21.4 Å². The molecule has 0 aliphatic carbocycles. The van der Waals surface area contributed by atoms with Crippen molar-refractivity contribution >= 4 is 17.3 Å². The van der Waals surface area contributed by atoms with Gasteiger partial charge in [0.05, 0.1) is 44.7 Å². The standard InChI is InChI=1S/C21H21ClFN3O/c1-25-10-8-21(9-11-25)26-19(17-12-15(22)4-7-20(17)27-21)13-18(24-26)14-2-5-16(23)6-3-14/h2-7,12,19H,8-11,13H2,1H3/p+1/t19-/m1/s1. The van der Waals surface area contributed by atoms with E-state index < -0.39 is 5.72 Å². The van der Waals surface area contributed by atoms with Crippen molar-refractivity contribution in [2.75, 3.05) is 20.1 Å². The Kier molecular flexibility index (Phi) is 3.92. The van der Waals surface area contributed by atoms with E-state index in [1.54, 1.807) is 12.1 Å². The molecule has 1 fully saturated rings. The molecule has 140 valence electrons. The number of ether oxygens (including phenoxy) is 1. The summed E-state index contributed by atoms with van der Waals surface area (Å²) in [5.41, 5.74) is 2.61. The minimum Gasteiger partial charge on any atom is -0.466 e. The number of halogens is 2. The van der Waals surface area contributed by atoms with Gasteiger partial charge in [-0.15, -0.1) is 0 Å².